The number of rotatable bonds is 5. The molecule has 4 heteroatoms. The first kappa shape index (κ1) is 14.1. The van der Waals surface area contributed by atoms with Gasteiger partial charge in [0, 0.05) is 6.54 Å². The summed E-state index contributed by atoms with van der Waals surface area (Å²) in [6.45, 7) is 0.373. The fourth-order valence-corrected chi connectivity index (χ4v) is 1.94. The Hall–Kier alpha value is -2.36. The van der Waals surface area contributed by atoms with Gasteiger partial charge in [0.05, 0.1) is 12.7 Å². The highest BCUT2D eigenvalue weighted by atomic mass is 19.1. The summed E-state index contributed by atoms with van der Waals surface area (Å²) in [5.74, 6) is 0.0497. The van der Waals surface area contributed by atoms with Crippen molar-refractivity contribution in [2.45, 2.75) is 6.42 Å². The topological polar surface area (TPSA) is 38.3 Å². The molecule has 0 fully saturated rings. The fourth-order valence-electron chi connectivity index (χ4n) is 1.94. The zero-order chi connectivity index (χ0) is 14.4. The molecule has 0 spiro atoms. The van der Waals surface area contributed by atoms with Gasteiger partial charge < -0.3 is 10.1 Å². The zero-order valence-electron chi connectivity index (χ0n) is 11.2. The molecule has 2 aromatic carbocycles. The fraction of sp³-hybridized carbons (Fsp3) is 0.188. The molecule has 0 saturated carbocycles. The van der Waals surface area contributed by atoms with E-state index in [0.29, 0.717) is 29.8 Å². The highest BCUT2D eigenvalue weighted by Crippen LogP contribution is 2.16. The average molecular weight is 273 g/mol. The molecule has 0 aromatic heterocycles. The van der Waals surface area contributed by atoms with Crippen LogP contribution >= 0.6 is 0 Å². The summed E-state index contributed by atoms with van der Waals surface area (Å²) in [4.78, 5) is 12.0. The molecule has 0 aliphatic heterocycles. The maximum absolute atomic E-state index is 13.4. The maximum atomic E-state index is 13.4. The highest BCUT2D eigenvalue weighted by Gasteiger charge is 2.10. The summed E-state index contributed by atoms with van der Waals surface area (Å²) in [6.07, 6.45) is 0.452. The first-order valence-electron chi connectivity index (χ1n) is 6.37. The van der Waals surface area contributed by atoms with Gasteiger partial charge >= 0.3 is 0 Å². The zero-order valence-corrected chi connectivity index (χ0v) is 11.2. The summed E-state index contributed by atoms with van der Waals surface area (Å²) < 4.78 is 18.6. The van der Waals surface area contributed by atoms with Crippen LogP contribution in [0.3, 0.4) is 0 Å². The second-order valence-corrected chi connectivity index (χ2v) is 4.30. The van der Waals surface area contributed by atoms with E-state index in [4.69, 9.17) is 4.74 Å². The van der Waals surface area contributed by atoms with E-state index in [1.54, 1.807) is 42.5 Å². The SMILES string of the molecule is COc1ccccc1C(=O)NCCc1ccccc1F. The first-order valence-corrected chi connectivity index (χ1v) is 6.37. The molecule has 2 aromatic rings. The van der Waals surface area contributed by atoms with Crippen molar-refractivity contribution < 1.29 is 13.9 Å². The van der Waals surface area contributed by atoms with Crippen LogP contribution in [0.15, 0.2) is 48.5 Å². The van der Waals surface area contributed by atoms with E-state index in [9.17, 15) is 9.18 Å². The van der Waals surface area contributed by atoms with Gasteiger partial charge in [-0.05, 0) is 30.2 Å². The predicted octanol–water partition coefficient (Wildman–Crippen LogP) is 2.81. The molecular formula is C16H16FNO2. The highest BCUT2D eigenvalue weighted by molar-refractivity contribution is 5.96. The minimum Gasteiger partial charge on any atom is -0.496 e. The lowest BCUT2D eigenvalue weighted by Gasteiger charge is -2.09. The number of methoxy groups -OCH3 is 1. The van der Waals surface area contributed by atoms with E-state index in [1.165, 1.54) is 13.2 Å². The molecule has 0 aliphatic rings. The van der Waals surface area contributed by atoms with Gasteiger partial charge in [0.2, 0.25) is 0 Å². The Balaban J connectivity index is 1.94. The van der Waals surface area contributed by atoms with Crippen molar-refractivity contribution in [1.29, 1.82) is 0 Å². The molecule has 1 N–H and O–H groups in total. The average Bonchev–Trinajstić information content (AvgIpc) is 2.49. The second-order valence-electron chi connectivity index (χ2n) is 4.30. The van der Waals surface area contributed by atoms with Gasteiger partial charge in [-0.15, -0.1) is 0 Å². The number of benzene rings is 2. The number of halogens is 1. The Morgan fingerprint density at radius 2 is 1.85 bits per heavy atom. The standard InChI is InChI=1S/C16H16FNO2/c1-20-15-9-5-3-7-13(15)16(19)18-11-10-12-6-2-4-8-14(12)17/h2-9H,10-11H2,1H3,(H,18,19). The molecule has 0 bridgehead atoms. The second kappa shape index (κ2) is 6.70. The van der Waals surface area contributed by atoms with E-state index in [2.05, 4.69) is 5.32 Å². The third-order valence-electron chi connectivity index (χ3n) is 2.99. The minimum absolute atomic E-state index is 0.223. The van der Waals surface area contributed by atoms with Crippen molar-refractivity contribution >= 4 is 5.91 Å². The lowest BCUT2D eigenvalue weighted by atomic mass is 10.1. The van der Waals surface area contributed by atoms with Crippen molar-refractivity contribution in [1.82, 2.24) is 5.32 Å². The molecule has 0 unspecified atom stereocenters. The van der Waals surface area contributed by atoms with Crippen LogP contribution in [0.5, 0.6) is 5.75 Å². The molecule has 0 aliphatic carbocycles. The number of ether oxygens (including phenoxy) is 1. The Morgan fingerprint density at radius 3 is 2.60 bits per heavy atom. The summed E-state index contributed by atoms with van der Waals surface area (Å²) in [6, 6.07) is 13.5. The van der Waals surface area contributed by atoms with Gasteiger partial charge in [-0.2, -0.15) is 0 Å². The molecule has 2 rings (SSSR count). The lowest BCUT2D eigenvalue weighted by molar-refractivity contribution is 0.0951. The number of hydrogen-bond donors (Lipinski definition) is 1. The van der Waals surface area contributed by atoms with Crippen LogP contribution in [0, 0.1) is 5.82 Å². The minimum atomic E-state index is -0.251. The van der Waals surface area contributed by atoms with E-state index in [1.807, 2.05) is 0 Å². The largest absolute Gasteiger partial charge is 0.496 e. The van der Waals surface area contributed by atoms with Crippen molar-refractivity contribution in [3.8, 4) is 5.75 Å². The van der Waals surface area contributed by atoms with E-state index < -0.39 is 0 Å². The van der Waals surface area contributed by atoms with Gasteiger partial charge in [-0.1, -0.05) is 30.3 Å². The van der Waals surface area contributed by atoms with E-state index >= 15 is 0 Å². The first-order chi connectivity index (χ1) is 9.72. The maximum Gasteiger partial charge on any atom is 0.255 e. The number of carbonyl (C=O) groups excluding carboxylic acids is 1. The van der Waals surface area contributed by atoms with Crippen molar-refractivity contribution in [3.05, 3.63) is 65.5 Å². The van der Waals surface area contributed by atoms with Gasteiger partial charge in [-0.3, -0.25) is 4.79 Å². The molecule has 104 valence electrons. The smallest absolute Gasteiger partial charge is 0.255 e. The van der Waals surface area contributed by atoms with Crippen LogP contribution in [-0.2, 0) is 6.42 Å². The van der Waals surface area contributed by atoms with Crippen LogP contribution in [0.1, 0.15) is 15.9 Å². The quantitative estimate of drug-likeness (QED) is 0.909. The predicted molar refractivity (Wildman–Crippen MR) is 75.4 cm³/mol. The van der Waals surface area contributed by atoms with Crippen LogP contribution in [-0.4, -0.2) is 19.6 Å². The number of amides is 1. The summed E-state index contributed by atoms with van der Waals surface area (Å²) >= 11 is 0. The third kappa shape index (κ3) is 3.35. The van der Waals surface area contributed by atoms with Crippen molar-refractivity contribution in [3.63, 3.8) is 0 Å². The molecule has 1 amide bonds. The molecule has 0 heterocycles. The van der Waals surface area contributed by atoms with E-state index in [0.717, 1.165) is 0 Å². The Kier molecular flexibility index (Phi) is 4.71. The number of carbonyl (C=O) groups is 1. The number of para-hydroxylation sites is 1. The van der Waals surface area contributed by atoms with Gasteiger partial charge in [0.15, 0.2) is 0 Å². The Bertz CT molecular complexity index is 599. The Labute approximate surface area is 117 Å². The van der Waals surface area contributed by atoms with Crippen molar-refractivity contribution in [2.24, 2.45) is 0 Å². The normalized spacial score (nSPS) is 10.1. The summed E-state index contributed by atoms with van der Waals surface area (Å²) in [5.41, 5.74) is 1.07. The summed E-state index contributed by atoms with van der Waals surface area (Å²) in [7, 11) is 1.52. The van der Waals surface area contributed by atoms with Crippen LogP contribution in [0.4, 0.5) is 4.39 Å². The van der Waals surface area contributed by atoms with Gasteiger partial charge in [0.1, 0.15) is 11.6 Å². The van der Waals surface area contributed by atoms with Gasteiger partial charge in [0.25, 0.3) is 5.91 Å². The van der Waals surface area contributed by atoms with Crippen LogP contribution < -0.4 is 10.1 Å². The number of hydrogen-bond acceptors (Lipinski definition) is 2. The van der Waals surface area contributed by atoms with Crippen LogP contribution in [0.25, 0.3) is 0 Å². The molecule has 0 saturated heterocycles. The molecule has 0 radical (unpaired) electrons. The van der Waals surface area contributed by atoms with Crippen LogP contribution in [0.2, 0.25) is 0 Å². The van der Waals surface area contributed by atoms with E-state index in [-0.39, 0.29) is 11.7 Å². The lowest BCUT2D eigenvalue weighted by Crippen LogP contribution is -2.26. The molecule has 3 nitrogen and oxygen atoms in total. The Morgan fingerprint density at radius 1 is 1.15 bits per heavy atom. The molecular weight excluding hydrogens is 257 g/mol. The number of nitrogens with one attached hydrogen (secondary N) is 1. The molecule has 0 atom stereocenters. The monoisotopic (exact) mass is 273 g/mol. The van der Waals surface area contributed by atoms with Gasteiger partial charge in [-0.25, -0.2) is 4.39 Å². The summed E-state index contributed by atoms with van der Waals surface area (Å²) in [5, 5.41) is 2.76. The molecule has 20 heavy (non-hydrogen) atoms. The third-order valence-corrected chi connectivity index (χ3v) is 2.99. The van der Waals surface area contributed by atoms with Crippen molar-refractivity contribution in [2.75, 3.05) is 13.7 Å².